The Kier molecular flexibility index (Phi) is 4.03. The van der Waals surface area contributed by atoms with Crippen LogP contribution in [0.3, 0.4) is 0 Å². The molecule has 3 N–H and O–H groups in total. The molecule has 0 spiro atoms. The summed E-state index contributed by atoms with van der Waals surface area (Å²) in [6.07, 6.45) is 2.46. The van der Waals surface area contributed by atoms with Crippen LogP contribution >= 0.6 is 0 Å². The summed E-state index contributed by atoms with van der Waals surface area (Å²) < 4.78 is 0. The Labute approximate surface area is 116 Å². The number of nitro groups is 1. The Morgan fingerprint density at radius 2 is 2.15 bits per heavy atom. The standard InChI is InChI=1S/C12H19N5O3/c1-3-6-13-11-14-8(2)9(17(19)20)10(15-11)16-12(7-18)4-5-12/h18H,3-7H2,1-2H3,(H2,13,14,15,16). The zero-order chi connectivity index (χ0) is 14.8. The van der Waals surface area contributed by atoms with Crippen LogP contribution in [-0.4, -0.2) is 38.7 Å². The molecule has 1 fully saturated rings. The molecule has 0 amide bonds. The third-order valence-corrected chi connectivity index (χ3v) is 3.31. The molecule has 1 heterocycles. The minimum Gasteiger partial charge on any atom is -0.394 e. The third kappa shape index (κ3) is 2.96. The van der Waals surface area contributed by atoms with Crippen LogP contribution in [0.5, 0.6) is 0 Å². The number of anilines is 2. The number of rotatable bonds is 7. The van der Waals surface area contributed by atoms with Crippen molar-refractivity contribution in [1.82, 2.24) is 9.97 Å². The number of nitrogens with zero attached hydrogens (tertiary/aromatic N) is 3. The minimum absolute atomic E-state index is 0.0646. The lowest BCUT2D eigenvalue weighted by Crippen LogP contribution is -2.27. The van der Waals surface area contributed by atoms with Crippen LogP contribution in [0.1, 0.15) is 31.9 Å². The minimum atomic E-state index is -0.491. The molecule has 0 aliphatic heterocycles. The van der Waals surface area contributed by atoms with Crippen molar-refractivity contribution in [3.8, 4) is 0 Å². The summed E-state index contributed by atoms with van der Waals surface area (Å²) in [5, 5.41) is 26.5. The van der Waals surface area contributed by atoms with Crippen molar-refractivity contribution < 1.29 is 10.0 Å². The highest BCUT2D eigenvalue weighted by atomic mass is 16.6. The van der Waals surface area contributed by atoms with Crippen molar-refractivity contribution in [1.29, 1.82) is 0 Å². The molecular formula is C12H19N5O3. The van der Waals surface area contributed by atoms with E-state index in [2.05, 4.69) is 20.6 Å². The lowest BCUT2D eigenvalue weighted by atomic mass is 10.2. The number of aromatic nitrogens is 2. The van der Waals surface area contributed by atoms with E-state index in [0.29, 0.717) is 18.2 Å². The van der Waals surface area contributed by atoms with E-state index in [9.17, 15) is 15.2 Å². The predicted octanol–water partition coefficient (Wildman–Crippen LogP) is 1.45. The largest absolute Gasteiger partial charge is 0.394 e. The van der Waals surface area contributed by atoms with E-state index < -0.39 is 10.5 Å². The zero-order valence-electron chi connectivity index (χ0n) is 11.6. The molecule has 1 aliphatic carbocycles. The zero-order valence-corrected chi connectivity index (χ0v) is 11.6. The molecule has 1 aromatic rings. The first-order valence-electron chi connectivity index (χ1n) is 6.67. The SMILES string of the molecule is CCCNc1nc(C)c([N+](=O)[O-])c(NC2(CO)CC2)n1. The van der Waals surface area contributed by atoms with E-state index in [1.54, 1.807) is 6.92 Å². The molecular weight excluding hydrogens is 262 g/mol. The number of nitrogens with one attached hydrogen (secondary N) is 2. The Hall–Kier alpha value is -1.96. The van der Waals surface area contributed by atoms with Gasteiger partial charge in [-0.05, 0) is 26.2 Å². The molecule has 0 aromatic carbocycles. The summed E-state index contributed by atoms with van der Waals surface area (Å²) in [5.41, 5.74) is -0.292. The summed E-state index contributed by atoms with van der Waals surface area (Å²) >= 11 is 0. The van der Waals surface area contributed by atoms with Gasteiger partial charge in [0.05, 0.1) is 17.1 Å². The fourth-order valence-electron chi connectivity index (χ4n) is 1.91. The van der Waals surface area contributed by atoms with Crippen molar-refractivity contribution in [2.24, 2.45) is 0 Å². The van der Waals surface area contributed by atoms with Crippen LogP contribution in [0.4, 0.5) is 17.5 Å². The lowest BCUT2D eigenvalue weighted by molar-refractivity contribution is -0.385. The van der Waals surface area contributed by atoms with Crippen LogP contribution in [0.25, 0.3) is 0 Å². The lowest BCUT2D eigenvalue weighted by Gasteiger charge is -2.16. The third-order valence-electron chi connectivity index (χ3n) is 3.31. The van der Waals surface area contributed by atoms with Crippen molar-refractivity contribution in [2.75, 3.05) is 23.8 Å². The second-order valence-corrected chi connectivity index (χ2v) is 5.08. The molecule has 1 aromatic heterocycles. The summed E-state index contributed by atoms with van der Waals surface area (Å²) in [6.45, 7) is 4.22. The van der Waals surface area contributed by atoms with E-state index in [1.807, 2.05) is 6.92 Å². The van der Waals surface area contributed by atoms with Crippen LogP contribution in [0.2, 0.25) is 0 Å². The fraction of sp³-hybridized carbons (Fsp3) is 0.667. The average Bonchev–Trinajstić information content (AvgIpc) is 3.15. The van der Waals surface area contributed by atoms with E-state index in [4.69, 9.17) is 0 Å². The van der Waals surface area contributed by atoms with Gasteiger partial charge in [0.15, 0.2) is 0 Å². The highest BCUT2D eigenvalue weighted by Gasteiger charge is 2.44. The van der Waals surface area contributed by atoms with Gasteiger partial charge in [0.1, 0.15) is 5.69 Å². The van der Waals surface area contributed by atoms with E-state index in [0.717, 1.165) is 19.3 Å². The topological polar surface area (TPSA) is 113 Å². The number of aryl methyl sites for hydroxylation is 1. The monoisotopic (exact) mass is 281 g/mol. The Morgan fingerprint density at radius 3 is 2.65 bits per heavy atom. The molecule has 2 rings (SSSR count). The smallest absolute Gasteiger partial charge is 0.332 e. The first kappa shape index (κ1) is 14.4. The maximum absolute atomic E-state index is 11.2. The van der Waals surface area contributed by atoms with E-state index in [1.165, 1.54) is 0 Å². The normalized spacial score (nSPS) is 15.8. The Bertz CT molecular complexity index is 516. The predicted molar refractivity (Wildman–Crippen MR) is 74.9 cm³/mol. The number of hydrogen-bond donors (Lipinski definition) is 3. The molecule has 1 saturated carbocycles. The van der Waals surface area contributed by atoms with Gasteiger partial charge in [-0.15, -0.1) is 0 Å². The van der Waals surface area contributed by atoms with Crippen molar-refractivity contribution >= 4 is 17.5 Å². The molecule has 0 atom stereocenters. The van der Waals surface area contributed by atoms with Crippen LogP contribution in [0.15, 0.2) is 0 Å². The number of aliphatic hydroxyl groups excluding tert-OH is 1. The first-order valence-corrected chi connectivity index (χ1v) is 6.67. The van der Waals surface area contributed by atoms with Crippen LogP contribution in [0, 0.1) is 17.0 Å². The van der Waals surface area contributed by atoms with Gasteiger partial charge in [-0.25, -0.2) is 4.98 Å². The van der Waals surface area contributed by atoms with E-state index >= 15 is 0 Å². The molecule has 8 heteroatoms. The Morgan fingerprint density at radius 1 is 1.45 bits per heavy atom. The van der Waals surface area contributed by atoms with Gasteiger partial charge in [-0.1, -0.05) is 6.92 Å². The van der Waals surface area contributed by atoms with Gasteiger partial charge >= 0.3 is 5.69 Å². The summed E-state index contributed by atoms with van der Waals surface area (Å²) in [4.78, 5) is 19.0. The molecule has 0 radical (unpaired) electrons. The molecule has 20 heavy (non-hydrogen) atoms. The summed E-state index contributed by atoms with van der Waals surface area (Å²) in [6, 6.07) is 0. The maximum Gasteiger partial charge on any atom is 0.332 e. The van der Waals surface area contributed by atoms with Gasteiger partial charge in [-0.3, -0.25) is 10.1 Å². The van der Waals surface area contributed by atoms with Crippen molar-refractivity contribution in [2.45, 2.75) is 38.6 Å². The van der Waals surface area contributed by atoms with Gasteiger partial charge in [0, 0.05) is 6.54 Å². The summed E-state index contributed by atoms with van der Waals surface area (Å²) in [7, 11) is 0. The molecule has 8 nitrogen and oxygen atoms in total. The molecule has 0 bridgehead atoms. The molecule has 110 valence electrons. The second kappa shape index (κ2) is 5.58. The van der Waals surface area contributed by atoms with Gasteiger partial charge in [-0.2, -0.15) is 4.98 Å². The van der Waals surface area contributed by atoms with Crippen molar-refractivity contribution in [3.63, 3.8) is 0 Å². The molecule has 0 unspecified atom stereocenters. The average molecular weight is 281 g/mol. The van der Waals surface area contributed by atoms with Crippen LogP contribution < -0.4 is 10.6 Å². The van der Waals surface area contributed by atoms with E-state index in [-0.39, 0.29) is 18.1 Å². The fourth-order valence-corrected chi connectivity index (χ4v) is 1.91. The highest BCUT2D eigenvalue weighted by molar-refractivity contribution is 5.62. The number of aliphatic hydroxyl groups is 1. The second-order valence-electron chi connectivity index (χ2n) is 5.08. The van der Waals surface area contributed by atoms with Gasteiger partial charge in [0.2, 0.25) is 11.8 Å². The highest BCUT2D eigenvalue weighted by Crippen LogP contribution is 2.40. The molecule has 1 aliphatic rings. The Balaban J connectivity index is 2.34. The quantitative estimate of drug-likeness (QED) is 0.512. The van der Waals surface area contributed by atoms with Crippen LogP contribution in [-0.2, 0) is 0 Å². The summed E-state index contributed by atoms with van der Waals surface area (Å²) in [5.74, 6) is 0.541. The van der Waals surface area contributed by atoms with Gasteiger partial charge in [0.25, 0.3) is 0 Å². The molecule has 0 saturated heterocycles. The van der Waals surface area contributed by atoms with Crippen molar-refractivity contribution in [3.05, 3.63) is 15.8 Å². The number of hydrogen-bond acceptors (Lipinski definition) is 7. The first-order chi connectivity index (χ1) is 9.51. The van der Waals surface area contributed by atoms with Gasteiger partial charge < -0.3 is 15.7 Å². The maximum atomic E-state index is 11.2.